The van der Waals surface area contributed by atoms with Crippen molar-refractivity contribution < 1.29 is 4.79 Å². The first kappa shape index (κ1) is 18.5. The molecule has 134 valence electrons. The normalized spacial score (nSPS) is 10.8. The molecule has 26 heavy (non-hydrogen) atoms. The first-order valence-electron chi connectivity index (χ1n) is 8.27. The average Bonchev–Trinajstić information content (AvgIpc) is 2.64. The van der Waals surface area contributed by atoms with Crippen molar-refractivity contribution in [2.24, 2.45) is 0 Å². The lowest BCUT2D eigenvalue weighted by Gasteiger charge is -2.11. The van der Waals surface area contributed by atoms with E-state index in [-0.39, 0.29) is 11.5 Å². The van der Waals surface area contributed by atoms with Crippen LogP contribution in [0.5, 0.6) is 0 Å². The van der Waals surface area contributed by atoms with Gasteiger partial charge in [-0.1, -0.05) is 47.6 Å². The zero-order chi connectivity index (χ0) is 18.5. The summed E-state index contributed by atoms with van der Waals surface area (Å²) < 4.78 is 1.64. The number of para-hydroxylation sites is 2. The number of thioether (sulfide) groups is 1. The highest BCUT2D eigenvalue weighted by Gasteiger charge is 2.11. The molecule has 5 nitrogen and oxygen atoms in total. The zero-order valence-electron chi connectivity index (χ0n) is 14.2. The van der Waals surface area contributed by atoms with Crippen molar-refractivity contribution in [2.75, 3.05) is 11.1 Å². The van der Waals surface area contributed by atoms with E-state index in [1.807, 2.05) is 37.3 Å². The van der Waals surface area contributed by atoms with Gasteiger partial charge >= 0.3 is 0 Å². The molecular formula is C19H18ClN3O2S. The fourth-order valence-electron chi connectivity index (χ4n) is 2.55. The van der Waals surface area contributed by atoms with E-state index in [9.17, 15) is 9.59 Å². The summed E-state index contributed by atoms with van der Waals surface area (Å²) in [6, 6.07) is 14.4. The number of rotatable bonds is 6. The molecule has 0 unspecified atom stereocenters. The lowest BCUT2D eigenvalue weighted by Crippen LogP contribution is -2.22. The Kier molecular flexibility index (Phi) is 5.96. The first-order chi connectivity index (χ1) is 12.6. The molecule has 0 aliphatic heterocycles. The summed E-state index contributed by atoms with van der Waals surface area (Å²) in [4.78, 5) is 29.3. The van der Waals surface area contributed by atoms with E-state index in [0.717, 1.165) is 0 Å². The Labute approximate surface area is 160 Å². The monoisotopic (exact) mass is 387 g/mol. The number of carbonyl (C=O) groups excluding carboxylic acids is 1. The second-order valence-electron chi connectivity index (χ2n) is 5.59. The first-order valence-corrected chi connectivity index (χ1v) is 9.63. The Morgan fingerprint density at radius 1 is 1.19 bits per heavy atom. The Bertz CT molecular complexity index is 1000. The average molecular weight is 388 g/mol. The molecule has 0 saturated heterocycles. The standard InChI is InChI=1S/C19H18ClN3O2S/c1-2-23-18(25)13-7-3-5-9-15(13)22-19(23)26-12-11-17(24)21-16-10-6-4-8-14(16)20/h3-10H,2,11-12H2,1H3,(H,21,24). The van der Waals surface area contributed by atoms with Gasteiger partial charge in [0.25, 0.3) is 5.56 Å². The van der Waals surface area contributed by atoms with E-state index in [1.165, 1.54) is 11.8 Å². The summed E-state index contributed by atoms with van der Waals surface area (Å²) in [6.45, 7) is 2.44. The van der Waals surface area contributed by atoms with Gasteiger partial charge in [-0.25, -0.2) is 4.98 Å². The highest BCUT2D eigenvalue weighted by Crippen LogP contribution is 2.22. The van der Waals surface area contributed by atoms with Crippen LogP contribution >= 0.6 is 23.4 Å². The summed E-state index contributed by atoms with van der Waals surface area (Å²) >= 11 is 7.44. The third kappa shape index (κ3) is 4.08. The predicted octanol–water partition coefficient (Wildman–Crippen LogP) is 4.19. The van der Waals surface area contributed by atoms with Crippen LogP contribution in [0.15, 0.2) is 58.5 Å². The maximum absolute atomic E-state index is 12.6. The van der Waals surface area contributed by atoms with Crippen LogP contribution in [-0.4, -0.2) is 21.2 Å². The molecule has 0 spiro atoms. The number of carbonyl (C=O) groups is 1. The predicted molar refractivity (Wildman–Crippen MR) is 107 cm³/mol. The molecule has 1 heterocycles. The highest BCUT2D eigenvalue weighted by atomic mass is 35.5. The van der Waals surface area contributed by atoms with Crippen molar-refractivity contribution in [3.8, 4) is 0 Å². The fourth-order valence-corrected chi connectivity index (χ4v) is 3.73. The number of nitrogens with one attached hydrogen (secondary N) is 1. The molecule has 0 atom stereocenters. The van der Waals surface area contributed by atoms with Crippen molar-refractivity contribution in [3.63, 3.8) is 0 Å². The summed E-state index contributed by atoms with van der Waals surface area (Å²) in [5.74, 6) is 0.387. The molecule has 1 amide bonds. The second kappa shape index (κ2) is 8.38. The molecule has 0 saturated carbocycles. The number of benzene rings is 2. The van der Waals surface area contributed by atoms with Crippen molar-refractivity contribution in [1.82, 2.24) is 9.55 Å². The van der Waals surface area contributed by atoms with Gasteiger partial charge < -0.3 is 5.32 Å². The third-order valence-corrected chi connectivity index (χ3v) is 5.16. The number of anilines is 1. The number of amides is 1. The van der Waals surface area contributed by atoms with E-state index in [4.69, 9.17) is 11.6 Å². The number of hydrogen-bond acceptors (Lipinski definition) is 4. The zero-order valence-corrected chi connectivity index (χ0v) is 15.8. The summed E-state index contributed by atoms with van der Waals surface area (Å²) in [7, 11) is 0. The van der Waals surface area contributed by atoms with Gasteiger partial charge in [-0.2, -0.15) is 0 Å². The van der Waals surface area contributed by atoms with Crippen LogP contribution in [0, 0.1) is 0 Å². The van der Waals surface area contributed by atoms with Crippen LogP contribution in [0.25, 0.3) is 10.9 Å². The minimum atomic E-state index is -0.128. The van der Waals surface area contributed by atoms with Gasteiger partial charge in [-0.15, -0.1) is 0 Å². The molecule has 0 fully saturated rings. The largest absolute Gasteiger partial charge is 0.325 e. The highest BCUT2D eigenvalue weighted by molar-refractivity contribution is 7.99. The molecule has 3 rings (SSSR count). The van der Waals surface area contributed by atoms with Gasteiger partial charge in [0.1, 0.15) is 0 Å². The Morgan fingerprint density at radius 3 is 2.69 bits per heavy atom. The molecule has 0 radical (unpaired) electrons. The van der Waals surface area contributed by atoms with Crippen LogP contribution in [0.3, 0.4) is 0 Å². The van der Waals surface area contributed by atoms with E-state index in [2.05, 4.69) is 10.3 Å². The molecule has 2 aromatic carbocycles. The maximum atomic E-state index is 12.6. The van der Waals surface area contributed by atoms with Gasteiger partial charge in [0.2, 0.25) is 5.91 Å². The lowest BCUT2D eigenvalue weighted by atomic mass is 10.2. The van der Waals surface area contributed by atoms with Gasteiger partial charge in [0.05, 0.1) is 21.6 Å². The minimum Gasteiger partial charge on any atom is -0.325 e. The quantitative estimate of drug-likeness (QED) is 0.508. The van der Waals surface area contributed by atoms with E-state index < -0.39 is 0 Å². The van der Waals surface area contributed by atoms with Gasteiger partial charge in [-0.05, 0) is 31.2 Å². The van der Waals surface area contributed by atoms with E-state index in [0.29, 0.717) is 45.5 Å². The number of fused-ring (bicyclic) bond motifs is 1. The maximum Gasteiger partial charge on any atom is 0.262 e. The van der Waals surface area contributed by atoms with Gasteiger partial charge in [-0.3, -0.25) is 14.2 Å². The number of hydrogen-bond donors (Lipinski definition) is 1. The number of halogens is 1. The van der Waals surface area contributed by atoms with Crippen molar-refractivity contribution >= 4 is 45.9 Å². The number of aromatic nitrogens is 2. The lowest BCUT2D eigenvalue weighted by molar-refractivity contribution is -0.115. The Balaban J connectivity index is 1.69. The molecular weight excluding hydrogens is 370 g/mol. The third-order valence-electron chi connectivity index (χ3n) is 3.85. The SMILES string of the molecule is CCn1c(SCCC(=O)Nc2ccccc2Cl)nc2ccccc2c1=O. The molecule has 1 aromatic heterocycles. The van der Waals surface area contributed by atoms with E-state index >= 15 is 0 Å². The minimum absolute atomic E-state index is 0.0545. The van der Waals surface area contributed by atoms with Gasteiger partial charge in [0, 0.05) is 18.7 Å². The topological polar surface area (TPSA) is 64.0 Å². The second-order valence-corrected chi connectivity index (χ2v) is 7.06. The smallest absolute Gasteiger partial charge is 0.262 e. The Morgan fingerprint density at radius 2 is 1.92 bits per heavy atom. The van der Waals surface area contributed by atoms with Crippen LogP contribution < -0.4 is 10.9 Å². The fraction of sp³-hybridized carbons (Fsp3) is 0.211. The van der Waals surface area contributed by atoms with Crippen LogP contribution in [0.2, 0.25) is 5.02 Å². The number of nitrogens with zero attached hydrogens (tertiary/aromatic N) is 2. The van der Waals surface area contributed by atoms with Crippen LogP contribution in [-0.2, 0) is 11.3 Å². The molecule has 1 N–H and O–H groups in total. The summed E-state index contributed by atoms with van der Waals surface area (Å²) in [5.41, 5.74) is 1.21. The molecule has 0 aliphatic carbocycles. The van der Waals surface area contributed by atoms with Crippen molar-refractivity contribution in [1.29, 1.82) is 0 Å². The van der Waals surface area contributed by atoms with Crippen molar-refractivity contribution in [2.45, 2.75) is 25.0 Å². The van der Waals surface area contributed by atoms with E-state index in [1.54, 1.807) is 22.8 Å². The van der Waals surface area contributed by atoms with Crippen LogP contribution in [0.4, 0.5) is 5.69 Å². The summed E-state index contributed by atoms with van der Waals surface area (Å²) in [6.07, 6.45) is 0.294. The molecule has 0 bridgehead atoms. The van der Waals surface area contributed by atoms with Crippen LogP contribution in [0.1, 0.15) is 13.3 Å². The molecule has 7 heteroatoms. The van der Waals surface area contributed by atoms with Crippen molar-refractivity contribution in [3.05, 3.63) is 63.9 Å². The van der Waals surface area contributed by atoms with Gasteiger partial charge in [0.15, 0.2) is 5.16 Å². The Hall–Kier alpha value is -2.31. The summed E-state index contributed by atoms with van der Waals surface area (Å²) in [5, 5.41) is 4.53. The molecule has 0 aliphatic rings. The molecule has 3 aromatic rings.